The lowest BCUT2D eigenvalue weighted by atomic mass is 9.85. The molecule has 0 radical (unpaired) electrons. The van der Waals surface area contributed by atoms with Crippen molar-refractivity contribution < 1.29 is 13.6 Å². The number of carbonyl (C=O) groups excluding carboxylic acids is 1. The van der Waals surface area contributed by atoms with Crippen molar-refractivity contribution in [2.24, 2.45) is 5.92 Å². The molecule has 5 nitrogen and oxygen atoms in total. The fourth-order valence-electron chi connectivity index (χ4n) is 2.92. The summed E-state index contributed by atoms with van der Waals surface area (Å²) in [6.07, 6.45) is 0.309. The first kappa shape index (κ1) is 18.8. The number of amides is 1. The molecule has 0 saturated carbocycles. The van der Waals surface area contributed by atoms with Gasteiger partial charge in [0.05, 0.1) is 6.54 Å². The third kappa shape index (κ3) is 5.00. The van der Waals surface area contributed by atoms with E-state index in [-0.39, 0.29) is 30.1 Å². The number of carbonyl (C=O) groups is 1. The highest BCUT2D eigenvalue weighted by molar-refractivity contribution is 5.76. The highest BCUT2D eigenvalue weighted by Gasteiger charge is 2.20. The SMILES string of the molecule is CC(C)C(CC(=O)NCc1nnc(-c2ccccc2)o1)c1ccc(F)cc1. The van der Waals surface area contributed by atoms with E-state index < -0.39 is 0 Å². The fourth-order valence-corrected chi connectivity index (χ4v) is 2.92. The molecule has 3 aromatic rings. The molecule has 0 aliphatic heterocycles. The molecule has 0 bridgehead atoms. The lowest BCUT2D eigenvalue weighted by Crippen LogP contribution is -2.26. The second-order valence-electron chi connectivity index (χ2n) is 6.75. The number of aromatic nitrogens is 2. The summed E-state index contributed by atoms with van der Waals surface area (Å²) in [7, 11) is 0. The lowest BCUT2D eigenvalue weighted by Gasteiger charge is -2.20. The molecule has 0 spiro atoms. The van der Waals surface area contributed by atoms with Crippen LogP contribution in [0, 0.1) is 11.7 Å². The summed E-state index contributed by atoms with van der Waals surface area (Å²) in [6, 6.07) is 15.8. The van der Waals surface area contributed by atoms with Gasteiger partial charge >= 0.3 is 0 Å². The van der Waals surface area contributed by atoms with Gasteiger partial charge in [-0.15, -0.1) is 10.2 Å². The van der Waals surface area contributed by atoms with Crippen molar-refractivity contribution in [3.8, 4) is 11.5 Å². The maximum absolute atomic E-state index is 13.1. The van der Waals surface area contributed by atoms with E-state index >= 15 is 0 Å². The molecule has 140 valence electrons. The van der Waals surface area contributed by atoms with Crippen molar-refractivity contribution >= 4 is 5.91 Å². The van der Waals surface area contributed by atoms with Crippen LogP contribution in [0.5, 0.6) is 0 Å². The van der Waals surface area contributed by atoms with Crippen molar-refractivity contribution in [1.82, 2.24) is 15.5 Å². The molecule has 1 unspecified atom stereocenters. The topological polar surface area (TPSA) is 68.0 Å². The summed E-state index contributed by atoms with van der Waals surface area (Å²) in [4.78, 5) is 12.4. The summed E-state index contributed by atoms with van der Waals surface area (Å²) in [5.74, 6) is 0.632. The van der Waals surface area contributed by atoms with Crippen LogP contribution in [-0.2, 0) is 11.3 Å². The van der Waals surface area contributed by atoms with Gasteiger partial charge in [-0.05, 0) is 41.7 Å². The maximum atomic E-state index is 13.1. The van der Waals surface area contributed by atoms with Crippen molar-refractivity contribution in [3.63, 3.8) is 0 Å². The van der Waals surface area contributed by atoms with Gasteiger partial charge in [0.15, 0.2) is 0 Å². The van der Waals surface area contributed by atoms with Crippen LogP contribution in [0.2, 0.25) is 0 Å². The number of nitrogens with one attached hydrogen (secondary N) is 1. The minimum atomic E-state index is -0.281. The number of benzene rings is 2. The van der Waals surface area contributed by atoms with Gasteiger partial charge in [-0.2, -0.15) is 0 Å². The first-order chi connectivity index (χ1) is 13.0. The van der Waals surface area contributed by atoms with Gasteiger partial charge in [-0.3, -0.25) is 4.79 Å². The normalized spacial score (nSPS) is 12.1. The van der Waals surface area contributed by atoms with Gasteiger partial charge in [0, 0.05) is 12.0 Å². The monoisotopic (exact) mass is 367 g/mol. The molecular weight excluding hydrogens is 345 g/mol. The lowest BCUT2D eigenvalue weighted by molar-refractivity contribution is -0.122. The Hall–Kier alpha value is -3.02. The van der Waals surface area contributed by atoms with Crippen molar-refractivity contribution in [2.75, 3.05) is 0 Å². The maximum Gasteiger partial charge on any atom is 0.247 e. The molecule has 1 aromatic heterocycles. The van der Waals surface area contributed by atoms with Crippen LogP contribution in [0.3, 0.4) is 0 Å². The number of halogens is 1. The van der Waals surface area contributed by atoms with E-state index in [9.17, 15) is 9.18 Å². The van der Waals surface area contributed by atoms with E-state index in [1.807, 2.05) is 44.2 Å². The second-order valence-corrected chi connectivity index (χ2v) is 6.75. The smallest absolute Gasteiger partial charge is 0.247 e. The number of hydrogen-bond donors (Lipinski definition) is 1. The molecule has 0 aliphatic carbocycles. The first-order valence-electron chi connectivity index (χ1n) is 8.93. The quantitative estimate of drug-likeness (QED) is 0.675. The van der Waals surface area contributed by atoms with Crippen molar-refractivity contribution in [2.45, 2.75) is 32.7 Å². The largest absolute Gasteiger partial charge is 0.419 e. The molecular formula is C21H22FN3O2. The van der Waals surface area contributed by atoms with E-state index in [1.54, 1.807) is 12.1 Å². The molecule has 1 N–H and O–H groups in total. The average molecular weight is 367 g/mol. The van der Waals surface area contributed by atoms with Crippen LogP contribution >= 0.6 is 0 Å². The molecule has 1 heterocycles. The highest BCUT2D eigenvalue weighted by Crippen LogP contribution is 2.28. The zero-order chi connectivity index (χ0) is 19.2. The van der Waals surface area contributed by atoms with Crippen molar-refractivity contribution in [3.05, 3.63) is 71.9 Å². The van der Waals surface area contributed by atoms with Gasteiger partial charge in [0.1, 0.15) is 5.82 Å². The molecule has 0 saturated heterocycles. The zero-order valence-corrected chi connectivity index (χ0v) is 15.4. The summed E-state index contributed by atoms with van der Waals surface area (Å²) < 4.78 is 18.7. The van der Waals surface area contributed by atoms with Gasteiger partial charge < -0.3 is 9.73 Å². The molecule has 0 fully saturated rings. The third-order valence-electron chi connectivity index (χ3n) is 4.43. The Morgan fingerprint density at radius 2 is 1.78 bits per heavy atom. The van der Waals surface area contributed by atoms with Gasteiger partial charge in [0.2, 0.25) is 17.7 Å². The summed E-state index contributed by atoms with van der Waals surface area (Å²) in [5, 5.41) is 10.8. The molecule has 0 aliphatic rings. The Bertz CT molecular complexity index is 876. The summed E-state index contributed by atoms with van der Waals surface area (Å²) in [5.41, 5.74) is 1.78. The Morgan fingerprint density at radius 3 is 2.44 bits per heavy atom. The minimum absolute atomic E-state index is 0.00756. The number of rotatable bonds is 7. The van der Waals surface area contributed by atoms with Crippen molar-refractivity contribution in [1.29, 1.82) is 0 Å². The summed E-state index contributed by atoms with van der Waals surface area (Å²) in [6.45, 7) is 4.27. The Morgan fingerprint density at radius 1 is 1.07 bits per heavy atom. The number of hydrogen-bond acceptors (Lipinski definition) is 4. The van der Waals surface area contributed by atoms with Crippen LogP contribution in [-0.4, -0.2) is 16.1 Å². The fraction of sp³-hybridized carbons (Fsp3) is 0.286. The Kier molecular flexibility index (Phi) is 5.96. The van der Waals surface area contributed by atoms with E-state index in [1.165, 1.54) is 12.1 Å². The molecule has 1 amide bonds. The molecule has 2 aromatic carbocycles. The molecule has 1 atom stereocenters. The predicted molar refractivity (Wildman–Crippen MR) is 100 cm³/mol. The van der Waals surface area contributed by atoms with Crippen LogP contribution in [0.25, 0.3) is 11.5 Å². The molecule has 6 heteroatoms. The second kappa shape index (κ2) is 8.58. The van der Waals surface area contributed by atoms with E-state index in [0.29, 0.717) is 18.2 Å². The van der Waals surface area contributed by atoms with E-state index in [4.69, 9.17) is 4.42 Å². The van der Waals surface area contributed by atoms with Crippen LogP contribution in [0.4, 0.5) is 4.39 Å². The minimum Gasteiger partial charge on any atom is -0.419 e. The zero-order valence-electron chi connectivity index (χ0n) is 15.4. The first-order valence-corrected chi connectivity index (χ1v) is 8.93. The Labute approximate surface area is 157 Å². The van der Waals surface area contributed by atoms with E-state index in [2.05, 4.69) is 15.5 Å². The van der Waals surface area contributed by atoms with Crippen LogP contribution in [0.1, 0.15) is 37.6 Å². The standard InChI is InChI=1S/C21H22FN3O2/c1-14(2)18(15-8-10-17(22)11-9-15)12-19(26)23-13-20-24-25-21(27-20)16-6-4-3-5-7-16/h3-11,14,18H,12-13H2,1-2H3,(H,23,26). The highest BCUT2D eigenvalue weighted by atomic mass is 19.1. The van der Waals surface area contributed by atoms with Crippen LogP contribution < -0.4 is 5.32 Å². The van der Waals surface area contributed by atoms with Gasteiger partial charge in [-0.25, -0.2) is 4.39 Å². The van der Waals surface area contributed by atoms with E-state index in [0.717, 1.165) is 11.1 Å². The van der Waals surface area contributed by atoms with Crippen LogP contribution in [0.15, 0.2) is 59.0 Å². The average Bonchev–Trinajstić information content (AvgIpc) is 3.15. The number of nitrogens with zero attached hydrogens (tertiary/aromatic N) is 2. The summed E-state index contributed by atoms with van der Waals surface area (Å²) >= 11 is 0. The molecule has 27 heavy (non-hydrogen) atoms. The third-order valence-corrected chi connectivity index (χ3v) is 4.43. The molecule has 3 rings (SSSR count). The Balaban J connectivity index is 1.58. The predicted octanol–water partition coefficient (Wildman–Crippen LogP) is 4.32. The van der Waals surface area contributed by atoms with Gasteiger partial charge in [0.25, 0.3) is 0 Å². The van der Waals surface area contributed by atoms with Gasteiger partial charge in [-0.1, -0.05) is 44.2 Å².